The number of aryl methyl sites for hydroxylation is 1. The van der Waals surface area contributed by atoms with Crippen molar-refractivity contribution in [3.05, 3.63) is 29.0 Å². The molecule has 2 atom stereocenters. The van der Waals surface area contributed by atoms with Crippen LogP contribution in [0.15, 0.2) is 18.5 Å². The van der Waals surface area contributed by atoms with Crippen LogP contribution in [0.1, 0.15) is 35.1 Å². The Bertz CT molecular complexity index is 680. The number of rotatable bonds is 5. The van der Waals surface area contributed by atoms with E-state index in [1.807, 2.05) is 6.92 Å². The Labute approximate surface area is 144 Å². The molecule has 0 spiro atoms. The van der Waals surface area contributed by atoms with Crippen molar-refractivity contribution in [2.45, 2.75) is 38.3 Å². The van der Waals surface area contributed by atoms with Gasteiger partial charge in [0, 0.05) is 25.5 Å². The number of aliphatic hydroxyl groups is 1. The smallest absolute Gasteiger partial charge is 0.267 e. The van der Waals surface area contributed by atoms with Crippen LogP contribution in [0.4, 0.5) is 5.95 Å². The van der Waals surface area contributed by atoms with Gasteiger partial charge < -0.3 is 15.3 Å². The number of hydrogen-bond donors (Lipinski definition) is 2. The number of amides is 1. The topological polar surface area (TPSA) is 104 Å². The number of likely N-dealkylation sites (tertiary alicyclic amines) is 1. The molecule has 1 amide bonds. The molecule has 0 radical (unpaired) electrons. The maximum Gasteiger partial charge on any atom is 0.267 e. The Hall–Kier alpha value is -2.13. The zero-order chi connectivity index (χ0) is 16.9. The third-order valence-electron chi connectivity index (χ3n) is 3.99. The molecule has 1 saturated heterocycles. The number of aliphatic hydroxyl groups excluding tert-OH is 1. The molecular weight excluding hydrogens is 328 g/mol. The molecule has 2 N–H and O–H groups in total. The molecule has 3 heterocycles. The van der Waals surface area contributed by atoms with E-state index in [9.17, 15) is 9.90 Å². The van der Waals surface area contributed by atoms with Gasteiger partial charge in [-0.05, 0) is 30.4 Å². The average molecular weight is 348 g/mol. The van der Waals surface area contributed by atoms with E-state index in [1.165, 1.54) is 0 Å². The number of β-amino-alcohol motifs (C(OH)–C–C–N with tert-alkyl or cyclic N) is 1. The highest BCUT2D eigenvalue weighted by Gasteiger charge is 2.32. The second-order valence-corrected chi connectivity index (χ2v) is 6.48. The fourth-order valence-corrected chi connectivity index (χ4v) is 3.42. The number of nitrogens with one attached hydrogen (secondary N) is 1. The lowest BCUT2D eigenvalue weighted by molar-refractivity contribution is 0.0428. The molecule has 2 aromatic heterocycles. The highest BCUT2D eigenvalue weighted by molar-refractivity contribution is 7.08. The van der Waals surface area contributed by atoms with Gasteiger partial charge in [0.2, 0.25) is 5.95 Å². The summed E-state index contributed by atoms with van der Waals surface area (Å²) >= 11 is 1.13. The van der Waals surface area contributed by atoms with Gasteiger partial charge in [0.25, 0.3) is 5.91 Å². The fourth-order valence-electron chi connectivity index (χ4n) is 2.74. The molecular formula is C15H20N6O2S. The average Bonchev–Trinajstić information content (AvgIpc) is 3.05. The standard InChI is InChI=1S/C15H20N6O2S/c1-2-4-11-13(24-20-19-11)14(23)21-8-5-10(12(22)9-21)18-15-16-6-3-7-17-15/h3,6-7,10,12,22H,2,4-5,8-9H2,1H3,(H,16,17,18)/t10-,12-/m1/s1. The van der Waals surface area contributed by atoms with Crippen molar-refractivity contribution in [3.8, 4) is 0 Å². The molecule has 0 aromatic carbocycles. The second-order valence-electron chi connectivity index (χ2n) is 5.73. The second kappa shape index (κ2) is 7.63. The van der Waals surface area contributed by atoms with Crippen molar-refractivity contribution in [3.63, 3.8) is 0 Å². The summed E-state index contributed by atoms with van der Waals surface area (Å²) in [6.07, 6.45) is 4.89. The summed E-state index contributed by atoms with van der Waals surface area (Å²) in [4.78, 5) is 23.1. The van der Waals surface area contributed by atoms with E-state index < -0.39 is 6.10 Å². The molecule has 128 valence electrons. The van der Waals surface area contributed by atoms with Gasteiger partial charge >= 0.3 is 0 Å². The van der Waals surface area contributed by atoms with Crippen molar-refractivity contribution in [2.24, 2.45) is 0 Å². The van der Waals surface area contributed by atoms with E-state index >= 15 is 0 Å². The Morgan fingerprint density at radius 2 is 2.25 bits per heavy atom. The van der Waals surface area contributed by atoms with E-state index in [2.05, 4.69) is 24.9 Å². The maximum atomic E-state index is 12.7. The van der Waals surface area contributed by atoms with Gasteiger partial charge in [-0.3, -0.25) is 4.79 Å². The summed E-state index contributed by atoms with van der Waals surface area (Å²) in [6.45, 7) is 2.87. The highest BCUT2D eigenvalue weighted by Crippen LogP contribution is 2.20. The van der Waals surface area contributed by atoms with Gasteiger partial charge in [0.05, 0.1) is 17.8 Å². The third kappa shape index (κ3) is 3.68. The van der Waals surface area contributed by atoms with Crippen LogP contribution < -0.4 is 5.32 Å². The first-order valence-electron chi connectivity index (χ1n) is 8.01. The third-order valence-corrected chi connectivity index (χ3v) is 4.74. The minimum absolute atomic E-state index is 0.0955. The van der Waals surface area contributed by atoms with Gasteiger partial charge in [-0.15, -0.1) is 5.10 Å². The van der Waals surface area contributed by atoms with Gasteiger partial charge in [0.15, 0.2) is 0 Å². The summed E-state index contributed by atoms with van der Waals surface area (Å²) < 4.78 is 3.90. The Kier molecular flexibility index (Phi) is 5.31. The molecule has 3 rings (SSSR count). The molecule has 1 aliphatic rings. The fraction of sp³-hybridized carbons (Fsp3) is 0.533. The van der Waals surface area contributed by atoms with Gasteiger partial charge in [-0.2, -0.15) is 0 Å². The van der Waals surface area contributed by atoms with Crippen LogP contribution in [-0.4, -0.2) is 60.7 Å². The van der Waals surface area contributed by atoms with Crippen LogP contribution >= 0.6 is 11.5 Å². The number of hydrogen-bond acceptors (Lipinski definition) is 8. The lowest BCUT2D eigenvalue weighted by Gasteiger charge is -2.36. The number of aromatic nitrogens is 4. The van der Waals surface area contributed by atoms with Crippen molar-refractivity contribution in [1.82, 2.24) is 24.5 Å². The van der Waals surface area contributed by atoms with Crippen LogP contribution in [0, 0.1) is 0 Å². The molecule has 2 aromatic rings. The molecule has 0 saturated carbocycles. The van der Waals surface area contributed by atoms with E-state index in [4.69, 9.17) is 0 Å². The lowest BCUT2D eigenvalue weighted by atomic mass is 10.0. The number of nitrogens with zero attached hydrogens (tertiary/aromatic N) is 5. The van der Waals surface area contributed by atoms with E-state index in [-0.39, 0.29) is 18.5 Å². The first-order chi connectivity index (χ1) is 11.7. The van der Waals surface area contributed by atoms with Crippen LogP contribution in [0.25, 0.3) is 0 Å². The van der Waals surface area contributed by atoms with Crippen LogP contribution in [0.2, 0.25) is 0 Å². The first kappa shape index (κ1) is 16.7. The number of anilines is 1. The van der Waals surface area contributed by atoms with Crippen molar-refractivity contribution in [2.75, 3.05) is 18.4 Å². The lowest BCUT2D eigenvalue weighted by Crippen LogP contribution is -2.51. The highest BCUT2D eigenvalue weighted by atomic mass is 32.1. The normalized spacial score (nSPS) is 20.8. The van der Waals surface area contributed by atoms with Crippen molar-refractivity contribution in [1.29, 1.82) is 0 Å². The zero-order valence-electron chi connectivity index (χ0n) is 13.4. The predicted octanol–water partition coefficient (Wildman–Crippen LogP) is 0.968. The maximum absolute atomic E-state index is 12.7. The number of piperidine rings is 1. The van der Waals surface area contributed by atoms with Crippen molar-refractivity contribution >= 4 is 23.4 Å². The van der Waals surface area contributed by atoms with E-state index in [0.717, 1.165) is 30.1 Å². The van der Waals surface area contributed by atoms with E-state index in [0.29, 0.717) is 23.8 Å². The number of carbonyl (C=O) groups excluding carboxylic acids is 1. The number of carbonyl (C=O) groups is 1. The van der Waals surface area contributed by atoms with Crippen LogP contribution in [0.3, 0.4) is 0 Å². The Morgan fingerprint density at radius 3 is 2.96 bits per heavy atom. The monoisotopic (exact) mass is 348 g/mol. The quantitative estimate of drug-likeness (QED) is 0.829. The summed E-state index contributed by atoms with van der Waals surface area (Å²) in [6, 6.07) is 1.56. The summed E-state index contributed by atoms with van der Waals surface area (Å²) in [7, 11) is 0. The molecule has 8 nitrogen and oxygen atoms in total. The Morgan fingerprint density at radius 1 is 1.46 bits per heavy atom. The van der Waals surface area contributed by atoms with Gasteiger partial charge in [-0.1, -0.05) is 17.8 Å². The van der Waals surface area contributed by atoms with Gasteiger partial charge in [-0.25, -0.2) is 9.97 Å². The van der Waals surface area contributed by atoms with Crippen molar-refractivity contribution < 1.29 is 9.90 Å². The molecule has 1 fully saturated rings. The molecule has 24 heavy (non-hydrogen) atoms. The zero-order valence-corrected chi connectivity index (χ0v) is 14.2. The minimum atomic E-state index is -0.679. The minimum Gasteiger partial charge on any atom is -0.389 e. The Balaban J connectivity index is 1.62. The summed E-state index contributed by atoms with van der Waals surface area (Å²) in [5, 5.41) is 17.5. The van der Waals surface area contributed by atoms with Crippen LogP contribution in [0.5, 0.6) is 0 Å². The molecule has 9 heteroatoms. The van der Waals surface area contributed by atoms with E-state index in [1.54, 1.807) is 23.4 Å². The molecule has 0 bridgehead atoms. The molecule has 0 unspecified atom stereocenters. The molecule has 0 aliphatic carbocycles. The van der Waals surface area contributed by atoms with Gasteiger partial charge in [0.1, 0.15) is 4.88 Å². The summed E-state index contributed by atoms with van der Waals surface area (Å²) in [5.41, 5.74) is 0.750. The summed E-state index contributed by atoms with van der Waals surface area (Å²) in [5.74, 6) is 0.389. The SMILES string of the molecule is CCCc1nnsc1C(=O)N1CC[C@@H](Nc2ncccn2)[C@H](O)C1. The molecule has 1 aliphatic heterocycles. The predicted molar refractivity (Wildman–Crippen MR) is 89.9 cm³/mol. The largest absolute Gasteiger partial charge is 0.389 e. The first-order valence-corrected chi connectivity index (χ1v) is 8.78. The van der Waals surface area contributed by atoms with Crippen LogP contribution in [-0.2, 0) is 6.42 Å².